The first-order valence-corrected chi connectivity index (χ1v) is 7.65. The number of ether oxygens (including phenoxy) is 4. The second-order valence-corrected chi connectivity index (χ2v) is 4.70. The van der Waals surface area contributed by atoms with Crippen LogP contribution >= 0.6 is 0 Å². The SMILES string of the molecule is CCOC(=O)COc1ccc(-c2n[nH]nc2C(=O)OCC)cc1OC. The van der Waals surface area contributed by atoms with Gasteiger partial charge in [-0.2, -0.15) is 10.3 Å². The quantitative estimate of drug-likeness (QED) is 0.715. The summed E-state index contributed by atoms with van der Waals surface area (Å²) in [4.78, 5) is 23.3. The number of nitrogens with zero attached hydrogens (tertiary/aromatic N) is 2. The fourth-order valence-electron chi connectivity index (χ4n) is 2.05. The molecule has 9 nitrogen and oxygen atoms in total. The molecule has 0 saturated carbocycles. The van der Waals surface area contributed by atoms with Crippen LogP contribution < -0.4 is 9.47 Å². The third kappa shape index (κ3) is 4.46. The lowest BCUT2D eigenvalue weighted by atomic mass is 10.1. The third-order valence-corrected chi connectivity index (χ3v) is 3.10. The summed E-state index contributed by atoms with van der Waals surface area (Å²) in [5.74, 6) is -0.317. The molecule has 0 atom stereocenters. The van der Waals surface area contributed by atoms with E-state index in [-0.39, 0.29) is 25.5 Å². The molecule has 0 spiro atoms. The molecule has 25 heavy (non-hydrogen) atoms. The first kappa shape index (κ1) is 18.2. The zero-order valence-corrected chi connectivity index (χ0v) is 14.2. The number of carbonyl (C=O) groups is 2. The molecule has 0 unspecified atom stereocenters. The molecule has 0 fully saturated rings. The van der Waals surface area contributed by atoms with Crippen LogP contribution in [0.3, 0.4) is 0 Å². The van der Waals surface area contributed by atoms with Crippen molar-refractivity contribution in [2.45, 2.75) is 13.8 Å². The number of hydrogen-bond acceptors (Lipinski definition) is 8. The second-order valence-electron chi connectivity index (χ2n) is 4.70. The highest BCUT2D eigenvalue weighted by Crippen LogP contribution is 2.32. The number of aromatic amines is 1. The molecule has 0 aliphatic rings. The van der Waals surface area contributed by atoms with Crippen molar-refractivity contribution in [2.24, 2.45) is 0 Å². The standard InChI is InChI=1S/C16H19N3O6/c1-4-23-13(20)9-25-11-7-6-10(8-12(11)22-3)14-15(18-19-17-14)16(21)24-5-2/h6-8H,4-5,9H2,1-3H3,(H,17,18,19). The van der Waals surface area contributed by atoms with Crippen molar-refractivity contribution in [3.05, 3.63) is 23.9 Å². The van der Waals surface area contributed by atoms with Crippen LogP contribution in [0.2, 0.25) is 0 Å². The van der Waals surface area contributed by atoms with Gasteiger partial charge >= 0.3 is 11.9 Å². The Bertz CT molecular complexity index is 743. The van der Waals surface area contributed by atoms with Gasteiger partial charge in [-0.15, -0.1) is 5.10 Å². The van der Waals surface area contributed by atoms with Gasteiger partial charge in [0.15, 0.2) is 23.8 Å². The van der Waals surface area contributed by atoms with E-state index in [1.165, 1.54) is 7.11 Å². The lowest BCUT2D eigenvalue weighted by Crippen LogP contribution is -2.14. The maximum Gasteiger partial charge on any atom is 0.361 e. The number of esters is 2. The number of carbonyl (C=O) groups excluding carboxylic acids is 2. The molecule has 0 bridgehead atoms. The van der Waals surface area contributed by atoms with Crippen LogP contribution in [0.25, 0.3) is 11.3 Å². The van der Waals surface area contributed by atoms with Gasteiger partial charge in [0.05, 0.1) is 20.3 Å². The Kier molecular flexibility index (Phi) is 6.33. The first-order valence-electron chi connectivity index (χ1n) is 7.65. The van der Waals surface area contributed by atoms with Crippen molar-refractivity contribution in [2.75, 3.05) is 26.9 Å². The van der Waals surface area contributed by atoms with Gasteiger partial charge in [0.1, 0.15) is 5.69 Å². The predicted octanol–water partition coefficient (Wildman–Crippen LogP) is 1.60. The van der Waals surface area contributed by atoms with Gasteiger partial charge in [-0.3, -0.25) is 0 Å². The highest BCUT2D eigenvalue weighted by Gasteiger charge is 2.20. The molecule has 1 aromatic heterocycles. The number of benzene rings is 1. The maximum absolute atomic E-state index is 11.9. The normalized spacial score (nSPS) is 10.2. The van der Waals surface area contributed by atoms with E-state index in [1.807, 2.05) is 0 Å². The summed E-state index contributed by atoms with van der Waals surface area (Å²) in [5.41, 5.74) is 0.981. The monoisotopic (exact) mass is 349 g/mol. The fraction of sp³-hybridized carbons (Fsp3) is 0.375. The van der Waals surface area contributed by atoms with E-state index in [2.05, 4.69) is 15.4 Å². The van der Waals surface area contributed by atoms with Gasteiger partial charge in [-0.25, -0.2) is 9.59 Å². The lowest BCUT2D eigenvalue weighted by Gasteiger charge is -2.11. The molecule has 0 radical (unpaired) electrons. The van der Waals surface area contributed by atoms with Crippen molar-refractivity contribution in [1.29, 1.82) is 0 Å². The number of hydrogen-bond donors (Lipinski definition) is 1. The van der Waals surface area contributed by atoms with Crippen molar-refractivity contribution in [1.82, 2.24) is 15.4 Å². The van der Waals surface area contributed by atoms with Gasteiger partial charge in [-0.05, 0) is 32.0 Å². The van der Waals surface area contributed by atoms with Crippen molar-refractivity contribution in [3.63, 3.8) is 0 Å². The largest absolute Gasteiger partial charge is 0.493 e. The average Bonchev–Trinajstić information content (AvgIpc) is 3.10. The highest BCUT2D eigenvalue weighted by molar-refractivity contribution is 5.94. The zero-order valence-electron chi connectivity index (χ0n) is 14.2. The Morgan fingerprint density at radius 2 is 1.84 bits per heavy atom. The van der Waals surface area contributed by atoms with E-state index in [0.29, 0.717) is 22.8 Å². The van der Waals surface area contributed by atoms with Crippen molar-refractivity contribution in [3.8, 4) is 22.8 Å². The Balaban J connectivity index is 2.23. The fourth-order valence-corrected chi connectivity index (χ4v) is 2.05. The highest BCUT2D eigenvalue weighted by atomic mass is 16.6. The number of methoxy groups -OCH3 is 1. The Morgan fingerprint density at radius 1 is 1.08 bits per heavy atom. The van der Waals surface area contributed by atoms with Crippen LogP contribution in [0.1, 0.15) is 24.3 Å². The molecule has 2 aromatic rings. The first-order chi connectivity index (χ1) is 12.1. The van der Waals surface area contributed by atoms with Gasteiger partial charge in [0, 0.05) is 5.56 Å². The Morgan fingerprint density at radius 3 is 2.52 bits per heavy atom. The van der Waals surface area contributed by atoms with Crippen LogP contribution in [-0.2, 0) is 14.3 Å². The molecule has 1 heterocycles. The average molecular weight is 349 g/mol. The van der Waals surface area contributed by atoms with Crippen molar-refractivity contribution >= 4 is 11.9 Å². The minimum Gasteiger partial charge on any atom is -0.493 e. The zero-order chi connectivity index (χ0) is 18.2. The van der Waals surface area contributed by atoms with Crippen LogP contribution in [0.5, 0.6) is 11.5 Å². The molecule has 2 rings (SSSR count). The summed E-state index contributed by atoms with van der Waals surface area (Å²) in [6.07, 6.45) is 0. The summed E-state index contributed by atoms with van der Waals surface area (Å²) >= 11 is 0. The summed E-state index contributed by atoms with van der Waals surface area (Å²) in [6, 6.07) is 4.90. The summed E-state index contributed by atoms with van der Waals surface area (Å²) < 4.78 is 20.4. The van der Waals surface area contributed by atoms with E-state index < -0.39 is 11.9 Å². The summed E-state index contributed by atoms with van der Waals surface area (Å²) in [7, 11) is 1.46. The van der Waals surface area contributed by atoms with E-state index in [4.69, 9.17) is 18.9 Å². The number of rotatable bonds is 8. The molecule has 9 heteroatoms. The summed E-state index contributed by atoms with van der Waals surface area (Å²) in [6.45, 7) is 3.69. The molecule has 0 saturated heterocycles. The molecule has 0 amide bonds. The molecule has 0 aliphatic heterocycles. The van der Waals surface area contributed by atoms with Gasteiger partial charge in [0.2, 0.25) is 0 Å². The molecular weight excluding hydrogens is 330 g/mol. The predicted molar refractivity (Wildman–Crippen MR) is 86.5 cm³/mol. The minimum atomic E-state index is -0.576. The van der Waals surface area contributed by atoms with E-state index in [9.17, 15) is 9.59 Å². The Labute approximate surface area is 144 Å². The van der Waals surface area contributed by atoms with Crippen LogP contribution in [-0.4, -0.2) is 54.3 Å². The molecule has 0 aliphatic carbocycles. The van der Waals surface area contributed by atoms with Gasteiger partial charge in [0.25, 0.3) is 0 Å². The molecular formula is C16H19N3O6. The number of nitrogens with one attached hydrogen (secondary N) is 1. The van der Waals surface area contributed by atoms with Crippen LogP contribution in [0, 0.1) is 0 Å². The van der Waals surface area contributed by atoms with E-state index in [1.54, 1.807) is 32.0 Å². The topological polar surface area (TPSA) is 113 Å². The minimum absolute atomic E-state index is 0.0732. The van der Waals surface area contributed by atoms with Gasteiger partial charge in [-0.1, -0.05) is 0 Å². The van der Waals surface area contributed by atoms with Crippen molar-refractivity contribution < 1.29 is 28.5 Å². The lowest BCUT2D eigenvalue weighted by molar-refractivity contribution is -0.145. The smallest absolute Gasteiger partial charge is 0.361 e. The number of aromatic nitrogens is 3. The van der Waals surface area contributed by atoms with Crippen LogP contribution in [0.15, 0.2) is 18.2 Å². The third-order valence-electron chi connectivity index (χ3n) is 3.10. The van der Waals surface area contributed by atoms with E-state index in [0.717, 1.165) is 0 Å². The second kappa shape index (κ2) is 8.67. The Hall–Kier alpha value is -3.10. The maximum atomic E-state index is 11.9. The number of H-pyrrole nitrogens is 1. The summed E-state index contributed by atoms with van der Waals surface area (Å²) in [5, 5.41) is 10.2. The van der Waals surface area contributed by atoms with Gasteiger partial charge < -0.3 is 18.9 Å². The van der Waals surface area contributed by atoms with E-state index >= 15 is 0 Å². The molecule has 134 valence electrons. The molecule has 1 N–H and O–H groups in total. The molecule has 1 aromatic carbocycles. The van der Waals surface area contributed by atoms with Crippen LogP contribution in [0.4, 0.5) is 0 Å².